The molecule has 8 rings (SSSR count). The molecule has 4 aliphatic heterocycles. The molecule has 18 heteroatoms. The van der Waals surface area contributed by atoms with E-state index in [2.05, 4.69) is 30.2 Å². The Morgan fingerprint density at radius 1 is 0.435 bits per heavy atom. The second kappa shape index (κ2) is 23.2. The predicted molar refractivity (Wildman–Crippen MR) is 254 cm³/mol. The molecule has 4 aromatic rings. The minimum Gasteiger partial charge on any atom is -0.395 e. The summed E-state index contributed by atoms with van der Waals surface area (Å²) in [5, 5.41) is 28.7. The fraction of sp³-hybridized carbons (Fsp3) is 0.455. The summed E-state index contributed by atoms with van der Waals surface area (Å²) in [5.41, 5.74) is 4.32. The number of carbonyl (C=O) groups excluding carboxylic acids is 4. The van der Waals surface area contributed by atoms with Gasteiger partial charge in [0.15, 0.2) is 0 Å². The molecule has 4 amide bonds. The maximum atomic E-state index is 13.6. The SMILES string of the molecule is Cl.Cl.Cl.Cl.O=C1c2cccc3c(N4CCN(CCO)CC4)ccc(c23)C(=O)N1CCCNCCNCCCN1C(=O)c2cccc3c(N4CCN(CCO)CC4)ccc(c23)C1=O. The van der Waals surface area contributed by atoms with Gasteiger partial charge in [0.2, 0.25) is 0 Å². The van der Waals surface area contributed by atoms with Gasteiger partial charge in [0.25, 0.3) is 23.6 Å². The van der Waals surface area contributed by atoms with Crippen molar-refractivity contribution >= 4 is 106 Å². The van der Waals surface area contributed by atoms with E-state index >= 15 is 0 Å². The molecule has 62 heavy (non-hydrogen) atoms. The average molecular weight is 937 g/mol. The first kappa shape index (κ1) is 50.8. The van der Waals surface area contributed by atoms with Gasteiger partial charge in [-0.25, -0.2) is 0 Å². The van der Waals surface area contributed by atoms with Crippen LogP contribution in [0.4, 0.5) is 11.4 Å². The van der Waals surface area contributed by atoms with Crippen LogP contribution in [0.15, 0.2) is 60.7 Å². The Balaban J connectivity index is 0.00000211. The number of hydrogen-bond acceptors (Lipinski definition) is 12. The van der Waals surface area contributed by atoms with Gasteiger partial charge in [-0.2, -0.15) is 0 Å². The van der Waals surface area contributed by atoms with Crippen molar-refractivity contribution in [3.63, 3.8) is 0 Å². The zero-order valence-electron chi connectivity index (χ0n) is 34.8. The fourth-order valence-electron chi connectivity index (χ4n) is 9.08. The molecule has 0 radical (unpaired) electrons. The fourth-order valence-corrected chi connectivity index (χ4v) is 9.08. The molecule has 0 aromatic heterocycles. The van der Waals surface area contributed by atoms with Crippen molar-refractivity contribution in [1.29, 1.82) is 0 Å². The first-order valence-corrected chi connectivity index (χ1v) is 20.8. The summed E-state index contributed by atoms with van der Waals surface area (Å²) in [5.74, 6) is -1.02. The minimum absolute atomic E-state index is 0. The third kappa shape index (κ3) is 10.3. The van der Waals surface area contributed by atoms with Gasteiger partial charge in [-0.3, -0.25) is 38.8 Å². The Hall–Kier alpha value is -3.80. The highest BCUT2D eigenvalue weighted by atomic mass is 35.5. The number of aliphatic hydroxyl groups is 2. The van der Waals surface area contributed by atoms with Crippen LogP contribution in [0.2, 0.25) is 0 Å². The van der Waals surface area contributed by atoms with E-state index in [9.17, 15) is 29.4 Å². The van der Waals surface area contributed by atoms with Crippen LogP contribution in [0, 0.1) is 0 Å². The molecule has 4 heterocycles. The topological polar surface area (TPSA) is 152 Å². The summed E-state index contributed by atoms with van der Waals surface area (Å²) in [4.78, 5) is 66.3. The first-order valence-electron chi connectivity index (χ1n) is 20.8. The lowest BCUT2D eigenvalue weighted by Crippen LogP contribution is -2.47. The first-order chi connectivity index (χ1) is 28.4. The number of rotatable bonds is 17. The van der Waals surface area contributed by atoms with Gasteiger partial charge in [0.05, 0.1) is 13.2 Å². The van der Waals surface area contributed by atoms with E-state index < -0.39 is 0 Å². The molecule has 14 nitrogen and oxygen atoms in total. The molecule has 0 unspecified atom stereocenters. The van der Waals surface area contributed by atoms with Crippen molar-refractivity contribution in [2.45, 2.75) is 12.8 Å². The van der Waals surface area contributed by atoms with Crippen LogP contribution in [-0.2, 0) is 0 Å². The van der Waals surface area contributed by atoms with Crippen LogP contribution in [0.25, 0.3) is 21.5 Å². The number of imide groups is 2. The van der Waals surface area contributed by atoms with Gasteiger partial charge >= 0.3 is 0 Å². The Kier molecular flexibility index (Phi) is 19.0. The number of carbonyl (C=O) groups is 4. The molecular formula is C44H58Cl4N8O6. The van der Waals surface area contributed by atoms with Crippen molar-refractivity contribution in [3.05, 3.63) is 82.9 Å². The Labute approximate surface area is 387 Å². The summed E-state index contributed by atoms with van der Waals surface area (Å²) in [6.07, 6.45) is 1.24. The largest absolute Gasteiger partial charge is 0.395 e. The number of benzene rings is 4. The number of anilines is 2. The number of nitrogens with zero attached hydrogens (tertiary/aromatic N) is 6. The van der Waals surface area contributed by atoms with Gasteiger partial charge in [0.1, 0.15) is 0 Å². The van der Waals surface area contributed by atoms with E-state index in [1.54, 1.807) is 0 Å². The number of halogens is 4. The van der Waals surface area contributed by atoms with Crippen LogP contribution in [0.5, 0.6) is 0 Å². The van der Waals surface area contributed by atoms with Crippen molar-refractivity contribution < 1.29 is 29.4 Å². The average Bonchev–Trinajstić information content (AvgIpc) is 3.25. The molecule has 0 aliphatic carbocycles. The number of amides is 4. The smallest absolute Gasteiger partial charge is 0.261 e. The zero-order chi connectivity index (χ0) is 40.2. The maximum absolute atomic E-state index is 13.6. The molecule has 0 bridgehead atoms. The van der Waals surface area contributed by atoms with Gasteiger partial charge in [0, 0.05) is 147 Å². The Morgan fingerprint density at radius 2 is 0.790 bits per heavy atom. The molecule has 2 saturated heterocycles. The van der Waals surface area contributed by atoms with Crippen LogP contribution in [-0.4, -0.2) is 171 Å². The van der Waals surface area contributed by atoms with Crippen molar-refractivity contribution in [1.82, 2.24) is 30.2 Å². The summed E-state index contributed by atoms with van der Waals surface area (Å²) < 4.78 is 0. The van der Waals surface area contributed by atoms with E-state index in [1.807, 2.05) is 60.7 Å². The highest BCUT2D eigenvalue weighted by molar-refractivity contribution is 6.28. The number of hydrogen-bond donors (Lipinski definition) is 4. The highest BCUT2D eigenvalue weighted by Gasteiger charge is 2.35. The monoisotopic (exact) mass is 934 g/mol. The summed E-state index contributed by atoms with van der Waals surface area (Å²) >= 11 is 0. The molecule has 4 N–H and O–H groups in total. The van der Waals surface area contributed by atoms with E-state index in [-0.39, 0.29) is 86.5 Å². The molecule has 0 saturated carbocycles. The van der Waals surface area contributed by atoms with Crippen molar-refractivity contribution in [2.24, 2.45) is 0 Å². The van der Waals surface area contributed by atoms with Gasteiger partial charge < -0.3 is 30.6 Å². The molecule has 338 valence electrons. The lowest BCUT2D eigenvalue weighted by atomic mass is 9.92. The Morgan fingerprint density at radius 3 is 1.15 bits per heavy atom. The maximum Gasteiger partial charge on any atom is 0.261 e. The minimum atomic E-state index is -0.255. The van der Waals surface area contributed by atoms with E-state index in [1.165, 1.54) is 9.80 Å². The summed E-state index contributed by atoms with van der Waals surface area (Å²) in [6, 6.07) is 19.2. The Bertz CT molecular complexity index is 2000. The molecule has 0 spiro atoms. The van der Waals surface area contributed by atoms with Crippen LogP contribution >= 0.6 is 49.6 Å². The third-order valence-electron chi connectivity index (χ3n) is 12.1. The molecule has 2 fully saturated rings. The molecule has 4 aliphatic rings. The number of piperazine rings is 2. The van der Waals surface area contributed by atoms with E-state index in [4.69, 9.17) is 0 Å². The van der Waals surface area contributed by atoms with E-state index in [0.717, 1.165) is 85.3 Å². The third-order valence-corrected chi connectivity index (χ3v) is 12.1. The zero-order valence-corrected chi connectivity index (χ0v) is 38.0. The van der Waals surface area contributed by atoms with Gasteiger partial charge in [-0.05, 0) is 62.3 Å². The number of aliphatic hydroxyl groups excluding tert-OH is 2. The normalized spacial score (nSPS) is 16.6. The van der Waals surface area contributed by atoms with Crippen LogP contribution in [0.3, 0.4) is 0 Å². The highest BCUT2D eigenvalue weighted by Crippen LogP contribution is 2.38. The van der Waals surface area contributed by atoms with Gasteiger partial charge in [-0.1, -0.05) is 24.3 Å². The number of β-amino-alcohol motifs (C(OH)–C–C–N with tert-alkyl or cyclic N) is 2. The van der Waals surface area contributed by atoms with Crippen LogP contribution in [0.1, 0.15) is 54.3 Å². The summed E-state index contributed by atoms with van der Waals surface area (Å²) in [6.45, 7) is 11.6. The lowest BCUT2D eigenvalue weighted by Gasteiger charge is -2.37. The molecule has 0 atom stereocenters. The van der Waals surface area contributed by atoms with Crippen molar-refractivity contribution in [2.75, 3.05) is 128 Å². The molecule has 4 aromatic carbocycles. The number of nitrogens with one attached hydrogen (secondary N) is 2. The van der Waals surface area contributed by atoms with Crippen molar-refractivity contribution in [3.8, 4) is 0 Å². The van der Waals surface area contributed by atoms with Crippen LogP contribution < -0.4 is 20.4 Å². The lowest BCUT2D eigenvalue weighted by molar-refractivity contribution is 0.0593. The summed E-state index contributed by atoms with van der Waals surface area (Å²) in [7, 11) is 0. The predicted octanol–water partition coefficient (Wildman–Crippen LogP) is 3.76. The second-order valence-corrected chi connectivity index (χ2v) is 15.6. The quantitative estimate of drug-likeness (QED) is 0.0902. The van der Waals surface area contributed by atoms with Gasteiger partial charge in [-0.15, -0.1) is 49.6 Å². The van der Waals surface area contributed by atoms with E-state index in [0.29, 0.717) is 87.5 Å². The molecular weight excluding hydrogens is 878 g/mol. The standard InChI is InChI=1S/C44H54N8O6.4ClH/c53-29-27-47-19-23-49(24-20-47)37-11-9-35-39-31(37)5-1-7-33(39)41(55)51(43(35)57)17-3-13-45-15-16-46-14-4-18-52-42(56)34-8-2-6-32-38(12-10-36(40(32)34)44(52)58)50-25-21-48(22-26-50)28-30-54;;;;/h1-2,5-12,45-46,53-54H,3-4,13-30H2;4*1H. The second-order valence-electron chi connectivity index (χ2n) is 15.6.